The molecule has 3 rings (SSSR count). The molecule has 0 spiro atoms. The SMILES string of the molecule is OC(CCc1ccc2ccccc2n1)C1CCCC1. The van der Waals surface area contributed by atoms with Crippen LogP contribution in [0.15, 0.2) is 36.4 Å². The molecule has 2 nitrogen and oxygen atoms in total. The van der Waals surface area contributed by atoms with Gasteiger partial charge in [0.25, 0.3) is 0 Å². The van der Waals surface area contributed by atoms with Crippen molar-refractivity contribution in [3.63, 3.8) is 0 Å². The maximum absolute atomic E-state index is 10.2. The Kier molecular flexibility index (Phi) is 3.79. The summed E-state index contributed by atoms with van der Waals surface area (Å²) in [7, 11) is 0. The first kappa shape index (κ1) is 12.6. The van der Waals surface area contributed by atoms with Crippen molar-refractivity contribution in [1.29, 1.82) is 0 Å². The van der Waals surface area contributed by atoms with E-state index in [1.807, 2.05) is 18.2 Å². The molecule has 0 bridgehead atoms. The van der Waals surface area contributed by atoms with Gasteiger partial charge in [0, 0.05) is 11.1 Å². The van der Waals surface area contributed by atoms with Gasteiger partial charge < -0.3 is 5.11 Å². The number of benzene rings is 1. The van der Waals surface area contributed by atoms with E-state index in [4.69, 9.17) is 0 Å². The van der Waals surface area contributed by atoms with Gasteiger partial charge in [0.15, 0.2) is 0 Å². The lowest BCUT2D eigenvalue weighted by atomic mass is 9.96. The summed E-state index contributed by atoms with van der Waals surface area (Å²) in [5.41, 5.74) is 2.14. The smallest absolute Gasteiger partial charge is 0.0705 e. The molecule has 1 fully saturated rings. The molecule has 2 heteroatoms. The van der Waals surface area contributed by atoms with Crippen molar-refractivity contribution in [2.75, 3.05) is 0 Å². The summed E-state index contributed by atoms with van der Waals surface area (Å²) >= 11 is 0. The quantitative estimate of drug-likeness (QED) is 0.903. The Morgan fingerprint density at radius 2 is 1.89 bits per heavy atom. The van der Waals surface area contributed by atoms with Crippen LogP contribution in [0.5, 0.6) is 0 Å². The lowest BCUT2D eigenvalue weighted by molar-refractivity contribution is 0.102. The van der Waals surface area contributed by atoms with Gasteiger partial charge in [-0.25, -0.2) is 0 Å². The van der Waals surface area contributed by atoms with Gasteiger partial charge in [-0.05, 0) is 43.7 Å². The Bertz CT molecular complexity index is 546. The average Bonchev–Trinajstić information content (AvgIpc) is 2.99. The molecule has 1 N–H and O–H groups in total. The highest BCUT2D eigenvalue weighted by Gasteiger charge is 2.22. The minimum absolute atomic E-state index is 0.143. The van der Waals surface area contributed by atoms with E-state index < -0.39 is 0 Å². The Labute approximate surface area is 114 Å². The Morgan fingerprint density at radius 3 is 2.74 bits per heavy atom. The van der Waals surface area contributed by atoms with Crippen LogP contribution in [0.3, 0.4) is 0 Å². The zero-order valence-electron chi connectivity index (χ0n) is 11.3. The number of aliphatic hydroxyl groups is 1. The molecular formula is C17H21NO. The second kappa shape index (κ2) is 5.70. The van der Waals surface area contributed by atoms with Crippen molar-refractivity contribution >= 4 is 10.9 Å². The summed E-state index contributed by atoms with van der Waals surface area (Å²) in [5, 5.41) is 11.4. The van der Waals surface area contributed by atoms with Crippen LogP contribution in [-0.2, 0) is 6.42 Å². The number of para-hydroxylation sites is 1. The molecule has 1 atom stereocenters. The predicted molar refractivity (Wildman–Crippen MR) is 78.0 cm³/mol. The largest absolute Gasteiger partial charge is 0.393 e. The zero-order valence-corrected chi connectivity index (χ0v) is 11.3. The van der Waals surface area contributed by atoms with Gasteiger partial charge in [0.2, 0.25) is 0 Å². The molecule has 1 aliphatic rings. The van der Waals surface area contributed by atoms with Crippen LogP contribution in [-0.4, -0.2) is 16.2 Å². The minimum atomic E-state index is -0.143. The first-order valence-electron chi connectivity index (χ1n) is 7.36. The van der Waals surface area contributed by atoms with Crippen LogP contribution in [0.25, 0.3) is 10.9 Å². The predicted octanol–water partition coefficient (Wildman–Crippen LogP) is 3.72. The van der Waals surface area contributed by atoms with Crippen LogP contribution < -0.4 is 0 Å². The number of rotatable bonds is 4. The molecule has 0 amide bonds. The maximum atomic E-state index is 10.2. The van der Waals surface area contributed by atoms with Crippen LogP contribution in [0.4, 0.5) is 0 Å². The molecule has 0 saturated heterocycles. The van der Waals surface area contributed by atoms with Crippen molar-refractivity contribution in [3.8, 4) is 0 Å². The van der Waals surface area contributed by atoms with Gasteiger partial charge in [-0.2, -0.15) is 0 Å². The third-order valence-electron chi connectivity index (χ3n) is 4.30. The van der Waals surface area contributed by atoms with Gasteiger partial charge in [-0.1, -0.05) is 37.1 Å². The molecule has 0 radical (unpaired) electrons. The van der Waals surface area contributed by atoms with Gasteiger partial charge in [-0.15, -0.1) is 0 Å². The Balaban J connectivity index is 1.64. The molecule has 1 aromatic heterocycles. The van der Waals surface area contributed by atoms with Crippen LogP contribution >= 0.6 is 0 Å². The highest BCUT2D eigenvalue weighted by molar-refractivity contribution is 5.78. The molecule has 19 heavy (non-hydrogen) atoms. The van der Waals surface area contributed by atoms with Crippen molar-refractivity contribution in [2.45, 2.75) is 44.6 Å². The van der Waals surface area contributed by atoms with Gasteiger partial charge in [-0.3, -0.25) is 4.98 Å². The normalized spacial score (nSPS) is 17.9. The van der Waals surface area contributed by atoms with Gasteiger partial charge in [0.1, 0.15) is 0 Å². The van der Waals surface area contributed by atoms with Crippen LogP contribution in [0, 0.1) is 5.92 Å². The summed E-state index contributed by atoms with van der Waals surface area (Å²) < 4.78 is 0. The summed E-state index contributed by atoms with van der Waals surface area (Å²) in [4.78, 5) is 4.66. The third kappa shape index (κ3) is 2.95. The number of pyridine rings is 1. The molecule has 1 aromatic carbocycles. The third-order valence-corrected chi connectivity index (χ3v) is 4.30. The lowest BCUT2D eigenvalue weighted by Crippen LogP contribution is -2.18. The molecule has 100 valence electrons. The van der Waals surface area contributed by atoms with E-state index in [2.05, 4.69) is 23.2 Å². The standard InChI is InChI=1S/C17H21NO/c19-17(14-6-1-2-7-14)12-11-15-10-9-13-5-3-4-8-16(13)18-15/h3-5,8-10,14,17,19H,1-2,6-7,11-12H2. The topological polar surface area (TPSA) is 33.1 Å². The van der Waals surface area contributed by atoms with E-state index in [1.54, 1.807) is 0 Å². The van der Waals surface area contributed by atoms with E-state index in [-0.39, 0.29) is 6.10 Å². The van der Waals surface area contributed by atoms with Crippen molar-refractivity contribution in [1.82, 2.24) is 4.98 Å². The lowest BCUT2D eigenvalue weighted by Gasteiger charge is -2.17. The van der Waals surface area contributed by atoms with Crippen LogP contribution in [0.2, 0.25) is 0 Å². The zero-order chi connectivity index (χ0) is 13.1. The number of hydrogen-bond acceptors (Lipinski definition) is 2. The van der Waals surface area contributed by atoms with E-state index in [0.29, 0.717) is 5.92 Å². The van der Waals surface area contributed by atoms with E-state index in [1.165, 1.54) is 31.1 Å². The maximum Gasteiger partial charge on any atom is 0.0705 e. The van der Waals surface area contributed by atoms with Crippen LogP contribution in [0.1, 0.15) is 37.8 Å². The molecule has 1 unspecified atom stereocenters. The number of aryl methyl sites for hydroxylation is 1. The summed E-state index contributed by atoms with van der Waals surface area (Å²) in [5.74, 6) is 0.528. The Hall–Kier alpha value is -1.41. The highest BCUT2D eigenvalue weighted by Crippen LogP contribution is 2.29. The number of fused-ring (bicyclic) bond motifs is 1. The summed E-state index contributed by atoms with van der Waals surface area (Å²) in [6.07, 6.45) is 6.55. The second-order valence-electron chi connectivity index (χ2n) is 5.65. The average molecular weight is 255 g/mol. The molecule has 1 heterocycles. The molecule has 1 saturated carbocycles. The summed E-state index contributed by atoms with van der Waals surface area (Å²) in [6.45, 7) is 0. The fourth-order valence-electron chi connectivity index (χ4n) is 3.12. The van der Waals surface area contributed by atoms with Crippen molar-refractivity contribution in [2.24, 2.45) is 5.92 Å². The number of aromatic nitrogens is 1. The first-order valence-corrected chi connectivity index (χ1v) is 7.36. The first-order chi connectivity index (χ1) is 9.33. The van der Waals surface area contributed by atoms with Gasteiger partial charge in [0.05, 0.1) is 11.6 Å². The van der Waals surface area contributed by atoms with Crippen molar-refractivity contribution in [3.05, 3.63) is 42.1 Å². The number of aliphatic hydroxyl groups excluding tert-OH is 1. The molecule has 2 aromatic rings. The van der Waals surface area contributed by atoms with E-state index in [9.17, 15) is 5.11 Å². The highest BCUT2D eigenvalue weighted by atomic mass is 16.3. The van der Waals surface area contributed by atoms with E-state index in [0.717, 1.165) is 24.1 Å². The fourth-order valence-corrected chi connectivity index (χ4v) is 3.12. The monoisotopic (exact) mass is 255 g/mol. The Morgan fingerprint density at radius 1 is 1.11 bits per heavy atom. The van der Waals surface area contributed by atoms with Gasteiger partial charge >= 0.3 is 0 Å². The van der Waals surface area contributed by atoms with Crippen molar-refractivity contribution < 1.29 is 5.11 Å². The number of hydrogen-bond donors (Lipinski definition) is 1. The second-order valence-corrected chi connectivity index (χ2v) is 5.65. The molecular weight excluding hydrogens is 234 g/mol. The minimum Gasteiger partial charge on any atom is -0.393 e. The molecule has 1 aliphatic carbocycles. The number of nitrogens with zero attached hydrogens (tertiary/aromatic N) is 1. The fraction of sp³-hybridized carbons (Fsp3) is 0.471. The molecule has 0 aliphatic heterocycles. The van der Waals surface area contributed by atoms with E-state index >= 15 is 0 Å². The summed E-state index contributed by atoms with van der Waals surface area (Å²) in [6, 6.07) is 12.4.